The summed E-state index contributed by atoms with van der Waals surface area (Å²) in [7, 11) is 0. The van der Waals surface area contributed by atoms with Gasteiger partial charge in [0.05, 0.1) is 11.1 Å². The van der Waals surface area contributed by atoms with Crippen molar-refractivity contribution >= 4 is 45.7 Å². The van der Waals surface area contributed by atoms with Crippen LogP contribution in [0.1, 0.15) is 15.9 Å². The molecule has 138 valence electrons. The minimum Gasteiger partial charge on any atom is -0.367 e. The first-order valence-corrected chi connectivity index (χ1v) is 9.69. The summed E-state index contributed by atoms with van der Waals surface area (Å²) in [5, 5.41) is 2.47. The van der Waals surface area contributed by atoms with E-state index in [4.69, 9.17) is 23.2 Å². The van der Waals surface area contributed by atoms with Crippen LogP contribution in [0.2, 0.25) is 10.0 Å². The van der Waals surface area contributed by atoms with Gasteiger partial charge in [0, 0.05) is 53.9 Å². The van der Waals surface area contributed by atoms with Crippen molar-refractivity contribution in [1.82, 2.24) is 4.90 Å². The number of aromatic nitrogens is 1. The van der Waals surface area contributed by atoms with E-state index in [1.807, 2.05) is 48.4 Å². The lowest BCUT2D eigenvalue weighted by Crippen LogP contribution is -2.49. The summed E-state index contributed by atoms with van der Waals surface area (Å²) in [5.41, 5.74) is 3.79. The summed E-state index contributed by atoms with van der Waals surface area (Å²) < 4.78 is 0. The zero-order chi connectivity index (χ0) is 19.0. The van der Waals surface area contributed by atoms with Crippen LogP contribution in [0.15, 0.2) is 48.7 Å². The van der Waals surface area contributed by atoms with E-state index in [2.05, 4.69) is 16.0 Å². The highest BCUT2D eigenvalue weighted by molar-refractivity contribution is 6.31. The summed E-state index contributed by atoms with van der Waals surface area (Å²) in [6, 6.07) is 13.5. The number of fused-ring (bicyclic) bond motifs is 1. The molecule has 1 aliphatic heterocycles. The van der Waals surface area contributed by atoms with Gasteiger partial charge in [-0.2, -0.15) is 0 Å². The fourth-order valence-corrected chi connectivity index (χ4v) is 3.85. The van der Waals surface area contributed by atoms with Gasteiger partial charge in [0.25, 0.3) is 5.91 Å². The number of H-pyrrole nitrogens is 1. The third kappa shape index (κ3) is 3.60. The van der Waals surface area contributed by atoms with Crippen molar-refractivity contribution in [1.29, 1.82) is 0 Å². The predicted molar refractivity (Wildman–Crippen MR) is 110 cm³/mol. The van der Waals surface area contributed by atoms with Gasteiger partial charge in [-0.05, 0) is 36.8 Å². The quantitative estimate of drug-likeness (QED) is 0.645. The molecule has 4 rings (SSSR count). The summed E-state index contributed by atoms with van der Waals surface area (Å²) in [6.07, 6.45) is 1.93. The number of nitrogens with one attached hydrogen (secondary N) is 1. The van der Waals surface area contributed by atoms with Crippen LogP contribution in [0.5, 0.6) is 0 Å². The number of rotatable bonds is 2. The van der Waals surface area contributed by atoms with Gasteiger partial charge in [0.1, 0.15) is 0 Å². The number of aromatic amines is 1. The number of carbonyl (C=O) groups excluding carboxylic acids is 1. The molecule has 6 heteroatoms. The van der Waals surface area contributed by atoms with Crippen LogP contribution < -0.4 is 9.88 Å². The maximum absolute atomic E-state index is 12.8. The average Bonchev–Trinajstić information content (AvgIpc) is 2.69. The van der Waals surface area contributed by atoms with Crippen molar-refractivity contribution in [2.75, 3.05) is 31.1 Å². The molecule has 2 heterocycles. The van der Waals surface area contributed by atoms with Crippen LogP contribution in [0.4, 0.5) is 5.69 Å². The summed E-state index contributed by atoms with van der Waals surface area (Å²) >= 11 is 12.3. The number of carbonyl (C=O) groups is 1. The Morgan fingerprint density at radius 1 is 1.00 bits per heavy atom. The third-order valence-corrected chi connectivity index (χ3v) is 5.71. The Morgan fingerprint density at radius 2 is 1.78 bits per heavy atom. The van der Waals surface area contributed by atoms with E-state index in [1.165, 1.54) is 0 Å². The lowest BCUT2D eigenvalue weighted by atomic mass is 10.1. The Labute approximate surface area is 168 Å². The lowest BCUT2D eigenvalue weighted by molar-refractivity contribution is -0.344. The van der Waals surface area contributed by atoms with Gasteiger partial charge in [0.15, 0.2) is 6.20 Å². The number of nitrogens with zero attached hydrogens (tertiary/aromatic N) is 2. The van der Waals surface area contributed by atoms with Crippen molar-refractivity contribution in [3.8, 4) is 0 Å². The Hall–Kier alpha value is -2.30. The molecule has 4 nitrogen and oxygen atoms in total. The molecule has 27 heavy (non-hydrogen) atoms. The molecule has 0 spiro atoms. The van der Waals surface area contributed by atoms with Crippen molar-refractivity contribution in [3.63, 3.8) is 0 Å². The molecular weight excluding hydrogens is 381 g/mol. The maximum Gasteiger partial charge on any atom is 0.254 e. The van der Waals surface area contributed by atoms with E-state index in [-0.39, 0.29) is 5.91 Å². The minimum atomic E-state index is 0.0367. The number of anilines is 1. The maximum atomic E-state index is 12.8. The van der Waals surface area contributed by atoms with Gasteiger partial charge in [-0.1, -0.05) is 29.3 Å². The van der Waals surface area contributed by atoms with Crippen LogP contribution in [0.3, 0.4) is 0 Å². The van der Waals surface area contributed by atoms with Crippen LogP contribution >= 0.6 is 23.2 Å². The van der Waals surface area contributed by atoms with E-state index in [1.54, 1.807) is 6.07 Å². The second-order valence-electron chi connectivity index (χ2n) is 6.80. The molecule has 0 atom stereocenters. The molecule has 1 fully saturated rings. The number of amides is 1. The number of piperazine rings is 1. The molecule has 1 saturated heterocycles. The molecule has 1 aromatic heterocycles. The smallest absolute Gasteiger partial charge is 0.254 e. The van der Waals surface area contributed by atoms with Gasteiger partial charge in [-0.3, -0.25) is 4.79 Å². The van der Waals surface area contributed by atoms with Crippen LogP contribution in [0, 0.1) is 6.92 Å². The Bertz CT molecular complexity index is 1010. The minimum absolute atomic E-state index is 0.0367. The largest absolute Gasteiger partial charge is 0.367 e. The molecule has 1 amide bonds. The fourth-order valence-electron chi connectivity index (χ4n) is 3.49. The van der Waals surface area contributed by atoms with Crippen molar-refractivity contribution in [2.24, 2.45) is 0 Å². The molecule has 3 aromatic rings. The van der Waals surface area contributed by atoms with Crippen molar-refractivity contribution in [3.05, 3.63) is 69.8 Å². The Kier molecular flexibility index (Phi) is 4.94. The van der Waals surface area contributed by atoms with Crippen molar-refractivity contribution < 1.29 is 9.78 Å². The molecule has 1 aliphatic rings. The molecule has 0 radical (unpaired) electrons. The Morgan fingerprint density at radius 3 is 2.52 bits per heavy atom. The number of hydrogen-bond acceptors (Lipinski definition) is 2. The first kappa shape index (κ1) is 18.1. The number of benzene rings is 2. The topological polar surface area (TPSA) is 37.7 Å². The van der Waals surface area contributed by atoms with Gasteiger partial charge in [-0.15, -0.1) is 0 Å². The molecule has 1 N–H and O–H groups in total. The number of hydrogen-bond donors (Lipinski definition) is 0. The fraction of sp³-hybridized carbons (Fsp3) is 0.238. The van der Waals surface area contributed by atoms with Gasteiger partial charge in [-0.25, -0.2) is 4.98 Å². The van der Waals surface area contributed by atoms with Crippen LogP contribution in [-0.4, -0.2) is 37.0 Å². The second-order valence-corrected chi connectivity index (χ2v) is 7.64. The summed E-state index contributed by atoms with van der Waals surface area (Å²) in [5.74, 6) is 0.0367. The van der Waals surface area contributed by atoms with E-state index >= 15 is 0 Å². The summed E-state index contributed by atoms with van der Waals surface area (Å²) in [4.78, 5) is 20.2. The van der Waals surface area contributed by atoms with Gasteiger partial charge < -0.3 is 9.80 Å². The first-order valence-electron chi connectivity index (χ1n) is 8.93. The first-order chi connectivity index (χ1) is 13.0. The third-order valence-electron chi connectivity index (χ3n) is 5.06. The van der Waals surface area contributed by atoms with E-state index in [0.29, 0.717) is 28.7 Å². The molecular formula is C21H20Cl2N3O+. The second kappa shape index (κ2) is 7.37. The van der Waals surface area contributed by atoms with Gasteiger partial charge >= 0.3 is 0 Å². The van der Waals surface area contributed by atoms with Crippen LogP contribution in [0.25, 0.3) is 10.9 Å². The molecule has 0 saturated carbocycles. The van der Waals surface area contributed by atoms with E-state index < -0.39 is 0 Å². The Balaban J connectivity index is 1.51. The van der Waals surface area contributed by atoms with Gasteiger partial charge in [0.2, 0.25) is 5.52 Å². The molecule has 2 aromatic carbocycles. The monoisotopic (exact) mass is 400 g/mol. The SMILES string of the molecule is Cc1ccc(C(=O)N2CCN(c3cc[nH+]c4cc(Cl)ccc34)CC2)cc1Cl. The van der Waals surface area contributed by atoms with E-state index in [0.717, 1.165) is 35.2 Å². The zero-order valence-electron chi connectivity index (χ0n) is 15.0. The molecule has 0 unspecified atom stereocenters. The average molecular weight is 401 g/mol. The number of pyridine rings is 1. The van der Waals surface area contributed by atoms with Crippen LogP contribution in [-0.2, 0) is 0 Å². The lowest BCUT2D eigenvalue weighted by Gasteiger charge is -2.36. The highest BCUT2D eigenvalue weighted by Gasteiger charge is 2.24. The molecule has 0 aliphatic carbocycles. The predicted octanol–water partition coefficient (Wildman–Crippen LogP) is 4.23. The number of halogens is 2. The highest BCUT2D eigenvalue weighted by atomic mass is 35.5. The molecule has 0 bridgehead atoms. The summed E-state index contributed by atoms with van der Waals surface area (Å²) in [6.45, 7) is 4.86. The number of aryl methyl sites for hydroxylation is 1. The van der Waals surface area contributed by atoms with Crippen molar-refractivity contribution in [2.45, 2.75) is 6.92 Å². The van der Waals surface area contributed by atoms with E-state index in [9.17, 15) is 4.79 Å². The normalized spacial score (nSPS) is 14.6. The zero-order valence-corrected chi connectivity index (χ0v) is 16.5. The standard InChI is InChI=1S/C21H19Cl2N3O/c1-14-2-3-15(12-18(14)23)21(27)26-10-8-25(9-11-26)20-6-7-24-19-13-16(22)4-5-17(19)20/h2-7,12-13H,8-11H2,1H3/p+1. The highest BCUT2D eigenvalue weighted by Crippen LogP contribution is 2.27.